The van der Waals surface area contributed by atoms with Crippen LogP contribution in [-0.4, -0.2) is 6.34 Å². The molecular formula is CH3N4. The Morgan fingerprint density at radius 1 is 1.80 bits per heavy atom. The van der Waals surface area contributed by atoms with Crippen molar-refractivity contribution in [3.8, 4) is 0 Å². The Kier molecular flexibility index (Phi) is 2.50. The molecule has 0 saturated heterocycles. The minimum Gasteiger partial charge on any atom is -0.305 e. The van der Waals surface area contributed by atoms with Crippen molar-refractivity contribution < 1.29 is 0 Å². The molecule has 4 heteroatoms. The van der Waals surface area contributed by atoms with E-state index in [-0.39, 0.29) is 0 Å². The maximum absolute atomic E-state index is 6.01. The molecule has 0 rings (SSSR count). The van der Waals surface area contributed by atoms with Gasteiger partial charge in [0.2, 0.25) is 6.34 Å². The highest BCUT2D eigenvalue weighted by atomic mass is 15.3. The Bertz CT molecular complexity index is 45.6. The molecule has 5 heavy (non-hydrogen) atoms. The van der Waals surface area contributed by atoms with Gasteiger partial charge in [-0.3, -0.25) is 5.41 Å². The van der Waals surface area contributed by atoms with Crippen LogP contribution in [0, 0.1) is 5.41 Å². The summed E-state index contributed by atoms with van der Waals surface area (Å²) in [5.74, 6) is 4.41. The average molecular weight is 71.1 g/mol. The van der Waals surface area contributed by atoms with Gasteiger partial charge in [0, 0.05) is 0 Å². The highest BCUT2D eigenvalue weighted by Crippen LogP contribution is 1.47. The van der Waals surface area contributed by atoms with Crippen LogP contribution in [0.5, 0.6) is 0 Å². The van der Waals surface area contributed by atoms with Crippen LogP contribution >= 0.6 is 0 Å². The molecule has 0 atom stereocenters. The molecule has 0 spiro atoms. The van der Waals surface area contributed by atoms with Crippen molar-refractivity contribution in [2.24, 2.45) is 16.2 Å². The predicted molar refractivity (Wildman–Crippen MR) is 16.8 cm³/mol. The fourth-order valence-electron chi connectivity index (χ4n) is 0.0289. The van der Waals surface area contributed by atoms with Gasteiger partial charge in [0.15, 0.2) is 0 Å². The average Bonchev–Trinajstić information content (AvgIpc) is 1.41. The van der Waals surface area contributed by atoms with E-state index >= 15 is 0 Å². The molecule has 0 bridgehead atoms. The standard InChI is InChI=1S/CH3N4/c2-1-4-5-3/h(H3,2,3,4). The summed E-state index contributed by atoms with van der Waals surface area (Å²) < 4.78 is 0. The summed E-state index contributed by atoms with van der Waals surface area (Å²) in [5.41, 5.74) is 0. The van der Waals surface area contributed by atoms with Crippen molar-refractivity contribution in [3.63, 3.8) is 0 Å². The highest BCUT2D eigenvalue weighted by molar-refractivity contribution is 5.49. The number of nitrogens with one attached hydrogen (secondary N) is 1. The van der Waals surface area contributed by atoms with Gasteiger partial charge in [-0.25, -0.2) is 0 Å². The van der Waals surface area contributed by atoms with Crippen LogP contribution in [-0.2, 0) is 0 Å². The number of hydrogen-bond donors (Lipinski definition) is 2. The van der Waals surface area contributed by atoms with Crippen LogP contribution in [0.4, 0.5) is 0 Å². The second-order valence-electron chi connectivity index (χ2n) is 0.327. The molecule has 0 amide bonds. The minimum absolute atomic E-state index is 1.60. The van der Waals surface area contributed by atoms with Gasteiger partial charge in [0.05, 0.1) is 0 Å². The highest BCUT2D eigenvalue weighted by Gasteiger charge is 1.46. The van der Waals surface area contributed by atoms with E-state index in [9.17, 15) is 0 Å². The molecule has 0 aliphatic heterocycles. The monoisotopic (exact) mass is 71.0 g/mol. The summed E-state index contributed by atoms with van der Waals surface area (Å²) in [6.45, 7) is 0. The van der Waals surface area contributed by atoms with E-state index in [0.717, 1.165) is 0 Å². The van der Waals surface area contributed by atoms with Crippen LogP contribution in [0.15, 0.2) is 10.3 Å². The summed E-state index contributed by atoms with van der Waals surface area (Å²) in [6.07, 6.45) is 1.60. The Morgan fingerprint density at radius 3 is 2.40 bits per heavy atom. The second-order valence-corrected chi connectivity index (χ2v) is 0.327. The van der Waals surface area contributed by atoms with E-state index in [1.165, 1.54) is 0 Å². The van der Waals surface area contributed by atoms with E-state index in [0.29, 0.717) is 0 Å². The molecule has 27 valence electrons. The SMILES string of the molecule is N=[C]N=NN. The zero-order valence-electron chi connectivity index (χ0n) is 2.47. The lowest BCUT2D eigenvalue weighted by molar-refractivity contribution is 1.09. The molecule has 3 N–H and O–H groups in total. The summed E-state index contributed by atoms with van der Waals surface area (Å²) in [5, 5.41) is 11.5. The van der Waals surface area contributed by atoms with E-state index in [4.69, 9.17) is 5.41 Å². The first-order valence-corrected chi connectivity index (χ1v) is 0.932. The predicted octanol–water partition coefficient (Wildman–Crippen LogP) is -0.204. The number of rotatable bonds is 1. The van der Waals surface area contributed by atoms with Gasteiger partial charge < -0.3 is 5.84 Å². The molecule has 0 aromatic heterocycles. The number of hydrogen-bond acceptors (Lipinski definition) is 2. The van der Waals surface area contributed by atoms with Crippen LogP contribution in [0.1, 0.15) is 0 Å². The zero-order chi connectivity index (χ0) is 4.12. The van der Waals surface area contributed by atoms with Crippen LogP contribution in [0.3, 0.4) is 0 Å². The van der Waals surface area contributed by atoms with Crippen LogP contribution in [0.25, 0.3) is 0 Å². The molecule has 1 radical (unpaired) electrons. The van der Waals surface area contributed by atoms with Crippen molar-refractivity contribution in [2.75, 3.05) is 0 Å². The summed E-state index contributed by atoms with van der Waals surface area (Å²) in [4.78, 5) is 0. The van der Waals surface area contributed by atoms with E-state index < -0.39 is 0 Å². The molecular weight excluding hydrogens is 68.0 g/mol. The van der Waals surface area contributed by atoms with Gasteiger partial charge in [-0.15, -0.1) is 5.11 Å². The topological polar surface area (TPSA) is 74.6 Å². The Morgan fingerprint density at radius 2 is 2.40 bits per heavy atom. The molecule has 0 aliphatic carbocycles. The van der Waals surface area contributed by atoms with Crippen molar-refractivity contribution in [1.82, 2.24) is 0 Å². The van der Waals surface area contributed by atoms with E-state index in [2.05, 4.69) is 16.2 Å². The summed E-state index contributed by atoms with van der Waals surface area (Å²) in [6, 6.07) is 0. The quantitative estimate of drug-likeness (QED) is 0.145. The largest absolute Gasteiger partial charge is 0.305 e. The maximum atomic E-state index is 6.01. The van der Waals surface area contributed by atoms with Gasteiger partial charge in [-0.1, -0.05) is 5.22 Å². The second kappa shape index (κ2) is 3.07. The third kappa shape index (κ3) is 3.07. The smallest absolute Gasteiger partial charge is 0.215 e. The first-order valence-electron chi connectivity index (χ1n) is 0.932. The van der Waals surface area contributed by atoms with Crippen LogP contribution in [0.2, 0.25) is 0 Å². The van der Waals surface area contributed by atoms with Gasteiger partial charge >= 0.3 is 0 Å². The van der Waals surface area contributed by atoms with Gasteiger partial charge in [-0.2, -0.15) is 0 Å². The Balaban J connectivity index is 2.92. The van der Waals surface area contributed by atoms with Crippen molar-refractivity contribution >= 4 is 6.34 Å². The lowest BCUT2D eigenvalue weighted by Crippen LogP contribution is -1.72. The summed E-state index contributed by atoms with van der Waals surface area (Å²) >= 11 is 0. The van der Waals surface area contributed by atoms with Gasteiger partial charge in [-0.05, 0) is 0 Å². The van der Waals surface area contributed by atoms with Crippen molar-refractivity contribution in [3.05, 3.63) is 0 Å². The third-order valence-electron chi connectivity index (χ3n) is 0.108. The fourth-order valence-corrected chi connectivity index (χ4v) is 0.0289. The van der Waals surface area contributed by atoms with Crippen molar-refractivity contribution in [2.45, 2.75) is 0 Å². The Labute approximate surface area is 29.2 Å². The molecule has 0 fully saturated rings. The molecule has 0 heterocycles. The fraction of sp³-hybridized carbons (Fsp3) is 0. The van der Waals surface area contributed by atoms with E-state index in [1.807, 2.05) is 0 Å². The lowest BCUT2D eigenvalue weighted by Gasteiger charge is -1.56. The number of nitrogens with two attached hydrogens (primary N) is 1. The van der Waals surface area contributed by atoms with E-state index in [1.54, 1.807) is 6.34 Å². The molecule has 0 aliphatic rings. The third-order valence-corrected chi connectivity index (χ3v) is 0.108. The van der Waals surface area contributed by atoms with Crippen LogP contribution < -0.4 is 5.84 Å². The summed E-state index contributed by atoms with van der Waals surface area (Å²) in [7, 11) is 0. The maximum Gasteiger partial charge on any atom is 0.215 e. The molecule has 0 aromatic carbocycles. The number of nitrogens with zero attached hydrogens (tertiary/aromatic N) is 2. The molecule has 0 aromatic rings. The molecule has 0 saturated carbocycles. The minimum atomic E-state index is 1.60. The molecule has 4 nitrogen and oxygen atoms in total. The molecule has 0 unspecified atom stereocenters. The zero-order valence-corrected chi connectivity index (χ0v) is 2.47. The van der Waals surface area contributed by atoms with Gasteiger partial charge in [0.1, 0.15) is 0 Å². The van der Waals surface area contributed by atoms with Gasteiger partial charge in [0.25, 0.3) is 0 Å². The first kappa shape index (κ1) is 4.07. The normalized spacial score (nSPS) is 8.80. The Hall–Kier alpha value is -0.930. The lowest BCUT2D eigenvalue weighted by atomic mass is 11.4. The van der Waals surface area contributed by atoms with Crippen molar-refractivity contribution in [1.29, 1.82) is 5.41 Å². The first-order chi connectivity index (χ1) is 2.41.